The molecular weight excluding hydrogens is 366 g/mol. The molecule has 0 saturated heterocycles. The van der Waals surface area contributed by atoms with Crippen molar-refractivity contribution in [3.63, 3.8) is 0 Å². The molecule has 1 amide bonds. The number of rotatable bonds is 4. The summed E-state index contributed by atoms with van der Waals surface area (Å²) in [5, 5.41) is 4.42. The van der Waals surface area contributed by atoms with E-state index in [1.165, 1.54) is 32.1 Å². The van der Waals surface area contributed by atoms with Gasteiger partial charge in [0.15, 0.2) is 0 Å². The summed E-state index contributed by atoms with van der Waals surface area (Å²) in [6.07, 6.45) is 8.05. The van der Waals surface area contributed by atoms with E-state index < -0.39 is 0 Å². The summed E-state index contributed by atoms with van der Waals surface area (Å²) in [6.45, 7) is 11.4. The monoisotopic (exact) mass is 401 g/mol. The molecule has 2 aromatic heterocycles. The highest BCUT2D eigenvalue weighted by atomic mass is 16.1. The number of carbonyl (C=O) groups is 1. The summed E-state index contributed by atoms with van der Waals surface area (Å²) in [5.74, 6) is 0.390. The Morgan fingerprint density at radius 2 is 1.72 bits per heavy atom. The lowest BCUT2D eigenvalue weighted by Crippen LogP contribution is -2.27. The smallest absolute Gasteiger partial charge is 0.255 e. The largest absolute Gasteiger partial charge is 0.369 e. The maximum absolute atomic E-state index is 12.6. The molecule has 7 nitrogen and oxygen atoms in total. The second-order valence-corrected chi connectivity index (χ2v) is 8.49. The Morgan fingerprint density at radius 3 is 2.24 bits per heavy atom. The van der Waals surface area contributed by atoms with E-state index in [0.717, 1.165) is 22.2 Å². The topological polar surface area (TPSA) is 103 Å². The number of fused-ring (bicyclic) bond motifs is 1. The fourth-order valence-corrected chi connectivity index (χ4v) is 3.44. The zero-order chi connectivity index (χ0) is 21.7. The SMILES string of the molecule is CC(C)C(N)=O.Cc1c(C)c2cnc(NC3CCCCC3)nc2n(C(C)C)c1=O. The molecule has 3 rings (SSSR count). The van der Waals surface area contributed by atoms with E-state index in [-0.39, 0.29) is 23.4 Å². The van der Waals surface area contributed by atoms with E-state index in [9.17, 15) is 9.59 Å². The van der Waals surface area contributed by atoms with Crippen LogP contribution in [0, 0.1) is 19.8 Å². The van der Waals surface area contributed by atoms with Gasteiger partial charge in [0.1, 0.15) is 5.65 Å². The zero-order valence-corrected chi connectivity index (χ0v) is 18.6. The second kappa shape index (κ2) is 9.85. The van der Waals surface area contributed by atoms with Crippen molar-refractivity contribution < 1.29 is 4.79 Å². The van der Waals surface area contributed by atoms with Gasteiger partial charge in [0.25, 0.3) is 5.56 Å². The fourth-order valence-electron chi connectivity index (χ4n) is 3.44. The number of hydrogen-bond acceptors (Lipinski definition) is 5. The molecule has 0 atom stereocenters. The molecule has 2 heterocycles. The van der Waals surface area contributed by atoms with E-state index in [4.69, 9.17) is 10.7 Å². The first-order chi connectivity index (χ1) is 13.6. The predicted molar refractivity (Wildman–Crippen MR) is 118 cm³/mol. The maximum Gasteiger partial charge on any atom is 0.255 e. The van der Waals surface area contributed by atoms with Crippen molar-refractivity contribution in [1.82, 2.24) is 14.5 Å². The third-order valence-electron chi connectivity index (χ3n) is 5.53. The molecule has 0 aliphatic heterocycles. The van der Waals surface area contributed by atoms with Crippen LogP contribution in [0.15, 0.2) is 11.0 Å². The minimum absolute atomic E-state index is 0.00926. The van der Waals surface area contributed by atoms with Crippen molar-refractivity contribution in [1.29, 1.82) is 0 Å². The van der Waals surface area contributed by atoms with Gasteiger partial charge in [-0.15, -0.1) is 0 Å². The molecular formula is C22H35N5O2. The molecule has 1 saturated carbocycles. The number of aryl methyl sites for hydroxylation is 1. The van der Waals surface area contributed by atoms with Gasteiger partial charge in [-0.05, 0) is 46.1 Å². The lowest BCUT2D eigenvalue weighted by Gasteiger charge is -2.23. The van der Waals surface area contributed by atoms with Crippen LogP contribution in [0.2, 0.25) is 0 Å². The van der Waals surface area contributed by atoms with Crippen LogP contribution in [-0.2, 0) is 4.79 Å². The summed E-state index contributed by atoms with van der Waals surface area (Å²) >= 11 is 0. The highest BCUT2D eigenvalue weighted by molar-refractivity contribution is 5.80. The second-order valence-electron chi connectivity index (χ2n) is 8.49. The van der Waals surface area contributed by atoms with E-state index in [1.54, 1.807) is 18.4 Å². The van der Waals surface area contributed by atoms with E-state index >= 15 is 0 Å². The summed E-state index contributed by atoms with van der Waals surface area (Å²) in [7, 11) is 0. The van der Waals surface area contributed by atoms with Crippen molar-refractivity contribution >= 4 is 22.9 Å². The van der Waals surface area contributed by atoms with Crippen LogP contribution in [0.1, 0.15) is 77.0 Å². The number of pyridine rings is 1. The number of anilines is 1. The Balaban J connectivity index is 0.000000438. The van der Waals surface area contributed by atoms with Crippen molar-refractivity contribution in [2.75, 3.05) is 5.32 Å². The molecule has 1 fully saturated rings. The van der Waals surface area contributed by atoms with Crippen molar-refractivity contribution in [3.05, 3.63) is 27.7 Å². The van der Waals surface area contributed by atoms with Crippen molar-refractivity contribution in [2.45, 2.75) is 85.7 Å². The third-order valence-corrected chi connectivity index (χ3v) is 5.53. The normalized spacial score (nSPS) is 14.8. The molecule has 0 spiro atoms. The molecule has 2 aromatic rings. The first-order valence-electron chi connectivity index (χ1n) is 10.6. The van der Waals surface area contributed by atoms with Gasteiger partial charge in [-0.2, -0.15) is 4.98 Å². The lowest BCUT2D eigenvalue weighted by molar-refractivity contribution is -0.120. The lowest BCUT2D eigenvalue weighted by atomic mass is 9.96. The highest BCUT2D eigenvalue weighted by Gasteiger charge is 2.18. The van der Waals surface area contributed by atoms with Gasteiger partial charge in [-0.1, -0.05) is 33.1 Å². The minimum atomic E-state index is -0.241. The molecule has 29 heavy (non-hydrogen) atoms. The first kappa shape index (κ1) is 22.8. The third kappa shape index (κ3) is 5.55. The quantitative estimate of drug-likeness (QED) is 0.810. The maximum atomic E-state index is 12.6. The highest BCUT2D eigenvalue weighted by Crippen LogP contribution is 2.23. The number of nitrogens with two attached hydrogens (primary N) is 1. The van der Waals surface area contributed by atoms with Crippen LogP contribution in [-0.4, -0.2) is 26.5 Å². The van der Waals surface area contributed by atoms with Crippen LogP contribution in [0.5, 0.6) is 0 Å². The summed E-state index contributed by atoms with van der Waals surface area (Å²) in [6, 6.07) is 0.522. The number of nitrogens with one attached hydrogen (secondary N) is 1. The standard InChI is InChI=1S/C18H26N4O.C4H9NO/c1-11(2)22-16-15(12(3)13(4)17(22)23)10-19-18(21-16)20-14-8-6-5-7-9-14;1-3(2)4(5)6/h10-11,14H,5-9H2,1-4H3,(H,19,20,21);3H,1-2H3,(H2,5,6). The number of carbonyl (C=O) groups excluding carboxylic acids is 1. The van der Waals surface area contributed by atoms with Gasteiger partial charge >= 0.3 is 0 Å². The molecule has 160 valence electrons. The molecule has 1 aliphatic rings. The molecule has 0 radical (unpaired) electrons. The van der Waals surface area contributed by atoms with Gasteiger partial charge in [-0.3, -0.25) is 14.2 Å². The average Bonchev–Trinajstić information content (AvgIpc) is 2.67. The Morgan fingerprint density at radius 1 is 1.14 bits per heavy atom. The molecule has 0 unspecified atom stereocenters. The van der Waals surface area contributed by atoms with Crippen LogP contribution in [0.3, 0.4) is 0 Å². The van der Waals surface area contributed by atoms with E-state index in [2.05, 4.69) is 10.3 Å². The van der Waals surface area contributed by atoms with Gasteiger partial charge < -0.3 is 11.1 Å². The van der Waals surface area contributed by atoms with Gasteiger partial charge in [0, 0.05) is 35.1 Å². The van der Waals surface area contributed by atoms with Gasteiger partial charge in [0.2, 0.25) is 11.9 Å². The number of primary amides is 1. The zero-order valence-electron chi connectivity index (χ0n) is 18.6. The van der Waals surface area contributed by atoms with Gasteiger partial charge in [-0.25, -0.2) is 4.98 Å². The van der Waals surface area contributed by atoms with E-state index in [0.29, 0.717) is 12.0 Å². The number of amides is 1. The summed E-state index contributed by atoms with van der Waals surface area (Å²) in [4.78, 5) is 31.7. The molecule has 0 aromatic carbocycles. The van der Waals surface area contributed by atoms with Crippen LogP contribution >= 0.6 is 0 Å². The van der Waals surface area contributed by atoms with Crippen LogP contribution in [0.4, 0.5) is 5.95 Å². The fraction of sp³-hybridized carbons (Fsp3) is 0.636. The minimum Gasteiger partial charge on any atom is -0.369 e. The molecule has 1 aliphatic carbocycles. The van der Waals surface area contributed by atoms with Crippen LogP contribution in [0.25, 0.3) is 11.0 Å². The molecule has 0 bridgehead atoms. The Kier molecular flexibility index (Phi) is 7.76. The molecule has 7 heteroatoms. The first-order valence-corrected chi connectivity index (χ1v) is 10.6. The number of aromatic nitrogens is 3. The Hall–Kier alpha value is -2.44. The Labute approximate surface area is 173 Å². The average molecular weight is 402 g/mol. The summed E-state index contributed by atoms with van der Waals surface area (Å²) < 4.78 is 1.78. The van der Waals surface area contributed by atoms with Gasteiger partial charge in [0.05, 0.1) is 0 Å². The molecule has 3 N–H and O–H groups in total. The van der Waals surface area contributed by atoms with Crippen LogP contribution < -0.4 is 16.6 Å². The Bertz CT molecular complexity index is 912. The number of nitrogens with zero attached hydrogens (tertiary/aromatic N) is 3. The van der Waals surface area contributed by atoms with E-state index in [1.807, 2.05) is 33.9 Å². The van der Waals surface area contributed by atoms with Crippen molar-refractivity contribution in [3.8, 4) is 0 Å². The predicted octanol–water partition coefficient (Wildman–Crippen LogP) is 3.86. The number of hydrogen-bond donors (Lipinski definition) is 2. The van der Waals surface area contributed by atoms with Crippen molar-refractivity contribution in [2.24, 2.45) is 11.7 Å². The summed E-state index contributed by atoms with van der Waals surface area (Å²) in [5.41, 5.74) is 7.34.